The summed E-state index contributed by atoms with van der Waals surface area (Å²) in [7, 11) is 0. The second-order valence-electron chi connectivity index (χ2n) is 23.0. The van der Waals surface area contributed by atoms with Crippen LogP contribution < -0.4 is 15.4 Å². The molecule has 6 aliphatic rings. The summed E-state index contributed by atoms with van der Waals surface area (Å²) in [5.41, 5.74) is 14.6. The van der Waals surface area contributed by atoms with Crippen LogP contribution in [-0.4, -0.2) is 21.2 Å². The van der Waals surface area contributed by atoms with Gasteiger partial charge in [-0.05, 0) is 163 Å². The van der Waals surface area contributed by atoms with Gasteiger partial charge in [0.15, 0.2) is 0 Å². The fourth-order valence-electron chi connectivity index (χ4n) is 14.4. The van der Waals surface area contributed by atoms with Gasteiger partial charge < -0.3 is 20.2 Å². The molecule has 2 N–H and O–H groups in total. The number of aromatic nitrogens is 2. The van der Waals surface area contributed by atoms with Crippen molar-refractivity contribution in [2.75, 3.05) is 10.6 Å². The number of rotatable bonds is 11. The van der Waals surface area contributed by atoms with Crippen molar-refractivity contribution in [3.05, 3.63) is 241 Å². The van der Waals surface area contributed by atoms with Gasteiger partial charge in [-0.15, -0.1) is 0 Å². The maximum Gasteiger partial charge on any atom is 0.316 e. The zero-order chi connectivity index (χ0) is 51.0. The van der Waals surface area contributed by atoms with Gasteiger partial charge in [0.25, 0.3) is 0 Å². The maximum absolute atomic E-state index is 7.05. The number of para-hydroxylation sites is 4. The summed E-state index contributed by atoms with van der Waals surface area (Å²) in [6, 6.07) is 63.1. The second kappa shape index (κ2) is 18.5. The molecule has 4 heterocycles. The fourth-order valence-corrected chi connectivity index (χ4v) is 14.4. The first-order valence-corrected chi connectivity index (χ1v) is 27.5. The van der Waals surface area contributed by atoms with E-state index < -0.39 is 0 Å². The van der Waals surface area contributed by atoms with Crippen molar-refractivity contribution < 1.29 is 4.74 Å². The topological polar surface area (TPSA) is 54.4 Å². The molecule has 4 bridgehead atoms. The van der Waals surface area contributed by atoms with Gasteiger partial charge in [-0.25, -0.2) is 4.98 Å². The Bertz CT molecular complexity index is 3740. The molecule has 0 spiro atoms. The minimum atomic E-state index is -0.152. The maximum atomic E-state index is 7.05. The lowest BCUT2D eigenvalue weighted by atomic mass is 9.33. The van der Waals surface area contributed by atoms with E-state index in [9.17, 15) is 0 Å². The molecule has 372 valence electrons. The third-order valence-electron chi connectivity index (χ3n) is 17.5. The van der Waals surface area contributed by atoms with Crippen LogP contribution in [0.1, 0.15) is 64.0 Å². The highest BCUT2D eigenvalue weighted by Gasteiger charge is 2.61. The van der Waals surface area contributed by atoms with Crippen LogP contribution in [0.25, 0.3) is 49.9 Å². The largest absolute Gasteiger partial charge is 0.457 e. The summed E-state index contributed by atoms with van der Waals surface area (Å²) < 4.78 is 9.44. The molecular formula is C69H62BN5O. The molecule has 0 atom stereocenters. The first kappa shape index (κ1) is 46.3. The smallest absolute Gasteiger partial charge is 0.316 e. The predicted molar refractivity (Wildman–Crippen MR) is 316 cm³/mol. The van der Waals surface area contributed by atoms with Crippen LogP contribution in [0.2, 0.25) is 0 Å². The van der Waals surface area contributed by atoms with Crippen LogP contribution in [0.15, 0.2) is 230 Å². The van der Waals surface area contributed by atoms with Crippen LogP contribution in [0.5, 0.6) is 11.5 Å². The predicted octanol–water partition coefficient (Wildman–Crippen LogP) is 17.7. The molecule has 2 aromatic heterocycles. The molecule has 0 radical (unpaired) electrons. The van der Waals surface area contributed by atoms with Gasteiger partial charge in [0.2, 0.25) is 0 Å². The first-order valence-electron chi connectivity index (χ1n) is 27.5. The number of pyridine rings is 1. The summed E-state index contributed by atoms with van der Waals surface area (Å²) in [4.78, 5) is 7.69. The molecule has 76 heavy (non-hydrogen) atoms. The lowest BCUT2D eigenvalue weighted by Gasteiger charge is -2.63. The Morgan fingerprint density at radius 1 is 0.579 bits per heavy atom. The van der Waals surface area contributed by atoms with Crippen molar-refractivity contribution in [1.29, 1.82) is 0 Å². The molecule has 15 rings (SSSR count). The van der Waals surface area contributed by atoms with E-state index in [0.29, 0.717) is 11.8 Å². The summed E-state index contributed by atoms with van der Waals surface area (Å²) in [5, 5.41) is 10.1. The quantitative estimate of drug-likeness (QED) is 0.127. The lowest BCUT2D eigenvalue weighted by molar-refractivity contribution is -0.0411. The van der Waals surface area contributed by atoms with Crippen LogP contribution in [-0.2, 0) is 10.8 Å². The third kappa shape index (κ3) is 7.98. The van der Waals surface area contributed by atoms with Gasteiger partial charge >= 0.3 is 6.85 Å². The number of nitrogens with zero attached hydrogens (tertiary/aromatic N) is 3. The van der Waals surface area contributed by atoms with Crippen molar-refractivity contribution >= 4 is 51.4 Å². The molecule has 7 heteroatoms. The Hall–Kier alpha value is -8.29. The van der Waals surface area contributed by atoms with Crippen molar-refractivity contribution in [2.45, 2.75) is 63.7 Å². The van der Waals surface area contributed by atoms with Gasteiger partial charge in [0, 0.05) is 51.3 Å². The van der Waals surface area contributed by atoms with Gasteiger partial charge in [0.1, 0.15) is 17.3 Å². The standard InChI is InChI=1S/C69H62BN5O/c1-68(2,3)51-41-54(72-61-25-11-12-26-62(61)73-67-57(48-18-6-4-7-19-48)23-16-24-58(67)49-20-8-5-9-21-49)44-56(42-51)76-55-29-30-60-59-22-10-13-27-63(59)75(64(60)45-55)66-43-50(31-33-71-66)69(52-37-46-36-47(39-52)40-53(69)38-46)65-28-17-35-74-34-15-14-32-70(65)74/h4-35,41-47,52-53,72-73H,36-40H2,1-3H3. The van der Waals surface area contributed by atoms with Crippen LogP contribution in [0.4, 0.5) is 22.7 Å². The number of hydrogen-bond donors (Lipinski definition) is 2. The zero-order valence-corrected chi connectivity index (χ0v) is 43.5. The van der Waals surface area contributed by atoms with E-state index in [1.54, 1.807) is 5.47 Å². The Morgan fingerprint density at radius 3 is 1.96 bits per heavy atom. The molecule has 6 nitrogen and oxygen atoms in total. The van der Waals surface area contributed by atoms with E-state index >= 15 is 0 Å². The number of anilines is 4. The molecule has 2 aliphatic heterocycles. The van der Waals surface area contributed by atoms with Gasteiger partial charge in [-0.2, -0.15) is 0 Å². The highest BCUT2D eigenvalue weighted by atomic mass is 16.5. The molecule has 4 saturated carbocycles. The summed E-state index contributed by atoms with van der Waals surface area (Å²) in [6.45, 7) is 7.00. The minimum Gasteiger partial charge on any atom is -0.457 e. The van der Waals surface area contributed by atoms with E-state index in [1.807, 2.05) is 0 Å². The van der Waals surface area contributed by atoms with Crippen molar-refractivity contribution in [2.24, 2.45) is 23.7 Å². The molecule has 7 aromatic carbocycles. The van der Waals surface area contributed by atoms with E-state index in [-0.39, 0.29) is 17.7 Å². The normalized spacial score (nSPS) is 21.3. The van der Waals surface area contributed by atoms with Crippen LogP contribution in [0, 0.1) is 23.7 Å². The Labute approximate surface area is 447 Å². The summed E-state index contributed by atoms with van der Waals surface area (Å²) in [6.07, 6.45) is 22.4. The highest BCUT2D eigenvalue weighted by Crippen LogP contribution is 2.66. The monoisotopic (exact) mass is 988 g/mol. The number of benzene rings is 7. The first-order chi connectivity index (χ1) is 37.2. The molecule has 0 amide bonds. The molecule has 9 aromatic rings. The van der Waals surface area contributed by atoms with E-state index in [1.165, 1.54) is 54.0 Å². The Balaban J connectivity index is 0.835. The van der Waals surface area contributed by atoms with Gasteiger partial charge in [-0.1, -0.05) is 154 Å². The molecular weight excluding hydrogens is 926 g/mol. The molecule has 0 unspecified atom stereocenters. The summed E-state index contributed by atoms with van der Waals surface area (Å²) >= 11 is 0. The minimum absolute atomic E-state index is 0.0700. The molecule has 4 fully saturated rings. The molecule has 4 aliphatic carbocycles. The Kier molecular flexibility index (Phi) is 11.3. The average Bonchev–Trinajstić information content (AvgIpc) is 3.83. The van der Waals surface area contributed by atoms with Crippen LogP contribution >= 0.6 is 0 Å². The number of allylic oxidation sites excluding steroid dienone is 5. The highest BCUT2D eigenvalue weighted by molar-refractivity contribution is 6.70. The van der Waals surface area contributed by atoms with Crippen molar-refractivity contribution in [3.63, 3.8) is 0 Å². The third-order valence-corrected chi connectivity index (χ3v) is 17.5. The van der Waals surface area contributed by atoms with E-state index in [2.05, 4.69) is 266 Å². The number of nitrogens with one attached hydrogen (secondary N) is 2. The van der Waals surface area contributed by atoms with E-state index in [0.717, 1.165) is 85.2 Å². The lowest BCUT2D eigenvalue weighted by Crippen LogP contribution is -2.60. The fraction of sp³-hybridized carbons (Fsp3) is 0.203. The van der Waals surface area contributed by atoms with Gasteiger partial charge in [0.05, 0.1) is 28.1 Å². The van der Waals surface area contributed by atoms with Crippen molar-refractivity contribution in [3.8, 4) is 39.6 Å². The van der Waals surface area contributed by atoms with Crippen LogP contribution in [0.3, 0.4) is 0 Å². The number of hydrogen-bond acceptors (Lipinski definition) is 5. The second-order valence-corrected chi connectivity index (χ2v) is 23.0. The van der Waals surface area contributed by atoms with Gasteiger partial charge in [-0.3, -0.25) is 4.57 Å². The van der Waals surface area contributed by atoms with E-state index in [4.69, 9.17) is 9.72 Å². The SMILES string of the molecule is CC(C)(C)c1cc(Nc2ccccc2Nc2c(-c3ccccc3)cccc2-c2ccccc2)cc(Oc2ccc3c4ccccc4n(-c4cc(C5(C6=CC=CN7C=CC=CB67)C6CC7CC(C6)CC5C7)ccn4)c3c2)c1. The number of ether oxygens (including phenoxy) is 1. The average molecular weight is 988 g/mol. The zero-order valence-electron chi connectivity index (χ0n) is 43.5. The number of fused-ring (bicyclic) bond motifs is 4. The summed E-state index contributed by atoms with van der Waals surface area (Å²) in [5.74, 6) is 7.80. The van der Waals surface area contributed by atoms with Crippen molar-refractivity contribution in [1.82, 2.24) is 14.4 Å². The Morgan fingerprint density at radius 2 is 1.24 bits per heavy atom. The molecule has 0 saturated heterocycles.